The number of rotatable bonds is 3. The van der Waals surface area contributed by atoms with Gasteiger partial charge in [-0.1, -0.05) is 57.2 Å². The smallest absolute Gasteiger partial charge is 0.269 e. The summed E-state index contributed by atoms with van der Waals surface area (Å²) in [6.07, 6.45) is 0. The van der Waals surface area contributed by atoms with Gasteiger partial charge in [0.25, 0.3) is 15.9 Å². The van der Waals surface area contributed by atoms with Gasteiger partial charge in [0.15, 0.2) is 5.78 Å². The zero-order valence-electron chi connectivity index (χ0n) is 14.3. The molecule has 0 unspecified atom stereocenters. The lowest BCUT2D eigenvalue weighted by Gasteiger charge is -2.19. The highest BCUT2D eigenvalue weighted by Gasteiger charge is 2.41. The van der Waals surface area contributed by atoms with E-state index in [1.54, 1.807) is 24.3 Å². The van der Waals surface area contributed by atoms with Crippen LogP contribution in [0.4, 0.5) is 0 Å². The van der Waals surface area contributed by atoms with Gasteiger partial charge >= 0.3 is 0 Å². The Morgan fingerprint density at radius 1 is 1.00 bits per heavy atom. The van der Waals surface area contributed by atoms with Crippen molar-refractivity contribution in [3.8, 4) is 0 Å². The minimum Gasteiger partial charge on any atom is -0.292 e. The number of benzene rings is 2. The van der Waals surface area contributed by atoms with E-state index in [9.17, 15) is 18.0 Å². The molecule has 1 amide bonds. The number of ketones is 1. The van der Waals surface area contributed by atoms with Crippen molar-refractivity contribution in [1.82, 2.24) is 4.31 Å². The molecule has 1 aliphatic heterocycles. The molecule has 0 aromatic heterocycles. The molecule has 2 aromatic carbocycles. The van der Waals surface area contributed by atoms with Gasteiger partial charge in [-0.2, -0.15) is 0 Å². The Bertz CT molecular complexity index is 954. The Balaban J connectivity index is 1.86. The number of sulfonamides is 1. The molecule has 0 spiro atoms. The van der Waals surface area contributed by atoms with E-state index < -0.39 is 28.3 Å². The Hall–Kier alpha value is -2.47. The standard InChI is InChI=1S/C19H19NO4S/c1-19(2,3)14-10-8-13(9-11-14)16(21)12-20-18(22)15-6-4-5-7-17(15)25(20,23)24/h4-11H,12H2,1-3H3. The van der Waals surface area contributed by atoms with Crippen LogP contribution in [0.1, 0.15) is 47.1 Å². The second kappa shape index (κ2) is 5.81. The molecule has 3 rings (SSSR count). The minimum absolute atomic E-state index is 0.0442. The lowest BCUT2D eigenvalue weighted by molar-refractivity contribution is 0.0820. The van der Waals surface area contributed by atoms with E-state index in [0.29, 0.717) is 9.87 Å². The molecule has 6 heteroatoms. The average Bonchev–Trinajstić information content (AvgIpc) is 2.75. The van der Waals surface area contributed by atoms with Crippen molar-refractivity contribution in [1.29, 1.82) is 0 Å². The van der Waals surface area contributed by atoms with Gasteiger partial charge in [0.1, 0.15) is 11.4 Å². The lowest BCUT2D eigenvalue weighted by atomic mass is 9.86. The van der Waals surface area contributed by atoms with Crippen molar-refractivity contribution >= 4 is 21.7 Å². The fraction of sp³-hybridized carbons (Fsp3) is 0.263. The molecule has 0 radical (unpaired) electrons. The monoisotopic (exact) mass is 357 g/mol. The van der Waals surface area contributed by atoms with Crippen LogP contribution >= 0.6 is 0 Å². The molecular weight excluding hydrogens is 338 g/mol. The van der Waals surface area contributed by atoms with Crippen molar-refractivity contribution in [3.05, 3.63) is 65.2 Å². The minimum atomic E-state index is -3.97. The van der Waals surface area contributed by atoms with Gasteiger partial charge in [-0.05, 0) is 23.1 Å². The first kappa shape index (κ1) is 17.4. The summed E-state index contributed by atoms with van der Waals surface area (Å²) in [5.41, 5.74) is 1.52. The maximum atomic E-state index is 12.5. The van der Waals surface area contributed by atoms with Crippen LogP contribution < -0.4 is 0 Å². The fourth-order valence-corrected chi connectivity index (χ4v) is 4.29. The summed E-state index contributed by atoms with van der Waals surface area (Å²) in [5, 5.41) is 0. The summed E-state index contributed by atoms with van der Waals surface area (Å²) >= 11 is 0. The molecule has 0 saturated carbocycles. The molecule has 0 N–H and O–H groups in total. The number of carbonyl (C=O) groups excluding carboxylic acids is 2. The van der Waals surface area contributed by atoms with Crippen molar-refractivity contribution < 1.29 is 18.0 Å². The Kier molecular flexibility index (Phi) is 4.03. The predicted octanol–water partition coefficient (Wildman–Crippen LogP) is 3.01. The molecule has 5 nitrogen and oxygen atoms in total. The van der Waals surface area contributed by atoms with Crippen LogP contribution in [0, 0.1) is 0 Å². The average molecular weight is 357 g/mol. The molecular formula is C19H19NO4S. The molecule has 0 bridgehead atoms. The van der Waals surface area contributed by atoms with Crippen LogP contribution in [0.5, 0.6) is 0 Å². The molecule has 0 fully saturated rings. The number of hydrogen-bond acceptors (Lipinski definition) is 4. The molecule has 25 heavy (non-hydrogen) atoms. The van der Waals surface area contributed by atoms with Gasteiger partial charge in [0.05, 0.1) is 5.56 Å². The molecule has 0 aliphatic carbocycles. The topological polar surface area (TPSA) is 71.5 Å². The van der Waals surface area contributed by atoms with Gasteiger partial charge < -0.3 is 0 Å². The third-order valence-corrected chi connectivity index (χ3v) is 6.06. The Morgan fingerprint density at radius 3 is 2.16 bits per heavy atom. The SMILES string of the molecule is CC(C)(C)c1ccc(C(=O)CN2C(=O)c3ccccc3S2(=O)=O)cc1. The van der Waals surface area contributed by atoms with Crippen molar-refractivity contribution in [2.75, 3.05) is 6.54 Å². The van der Waals surface area contributed by atoms with Crippen LogP contribution in [0.15, 0.2) is 53.4 Å². The number of fused-ring (bicyclic) bond motifs is 1. The molecule has 130 valence electrons. The second-order valence-corrected chi connectivity index (χ2v) is 8.89. The maximum Gasteiger partial charge on any atom is 0.269 e. The first-order valence-corrected chi connectivity index (χ1v) is 9.36. The van der Waals surface area contributed by atoms with Crippen molar-refractivity contribution in [2.24, 2.45) is 0 Å². The molecule has 1 heterocycles. The molecule has 2 aromatic rings. The van der Waals surface area contributed by atoms with Crippen LogP contribution in [0.2, 0.25) is 0 Å². The van der Waals surface area contributed by atoms with E-state index in [4.69, 9.17) is 0 Å². The van der Waals surface area contributed by atoms with E-state index >= 15 is 0 Å². The summed E-state index contributed by atoms with van der Waals surface area (Å²) < 4.78 is 25.7. The number of amides is 1. The van der Waals surface area contributed by atoms with Gasteiger partial charge in [-0.15, -0.1) is 0 Å². The first-order chi connectivity index (χ1) is 11.6. The summed E-state index contributed by atoms with van der Waals surface area (Å²) in [5.74, 6) is -1.07. The van der Waals surface area contributed by atoms with Gasteiger partial charge in [-0.3, -0.25) is 9.59 Å². The summed E-state index contributed by atoms with van der Waals surface area (Å²) in [6, 6.07) is 13.0. The fourth-order valence-electron chi connectivity index (χ4n) is 2.77. The number of nitrogens with zero attached hydrogens (tertiary/aromatic N) is 1. The second-order valence-electron chi connectivity index (χ2n) is 7.06. The van der Waals surface area contributed by atoms with Crippen molar-refractivity contribution in [3.63, 3.8) is 0 Å². The third-order valence-electron chi connectivity index (χ3n) is 4.27. The Morgan fingerprint density at radius 2 is 1.60 bits per heavy atom. The predicted molar refractivity (Wildman–Crippen MR) is 94.1 cm³/mol. The van der Waals surface area contributed by atoms with Crippen LogP contribution in [0.3, 0.4) is 0 Å². The lowest BCUT2D eigenvalue weighted by Crippen LogP contribution is -2.35. The summed E-state index contributed by atoms with van der Waals surface area (Å²) in [4.78, 5) is 24.8. The van der Waals surface area contributed by atoms with Crippen LogP contribution in [0.25, 0.3) is 0 Å². The quantitative estimate of drug-likeness (QED) is 0.792. The number of Topliss-reactive ketones (excluding diaryl/α,β-unsaturated/α-hetero) is 1. The number of carbonyl (C=O) groups is 2. The van der Waals surface area contributed by atoms with Gasteiger partial charge in [0, 0.05) is 5.56 Å². The van der Waals surface area contributed by atoms with Crippen LogP contribution in [-0.2, 0) is 15.4 Å². The molecule has 0 atom stereocenters. The highest BCUT2D eigenvalue weighted by molar-refractivity contribution is 7.90. The van der Waals surface area contributed by atoms with E-state index in [1.165, 1.54) is 12.1 Å². The zero-order chi connectivity index (χ0) is 18.4. The van der Waals surface area contributed by atoms with Gasteiger partial charge in [0.2, 0.25) is 0 Å². The van der Waals surface area contributed by atoms with E-state index in [-0.39, 0.29) is 15.9 Å². The number of hydrogen-bond donors (Lipinski definition) is 0. The normalized spacial score (nSPS) is 16.0. The largest absolute Gasteiger partial charge is 0.292 e. The van der Waals surface area contributed by atoms with E-state index in [1.807, 2.05) is 12.1 Å². The first-order valence-electron chi connectivity index (χ1n) is 7.92. The van der Waals surface area contributed by atoms with E-state index in [2.05, 4.69) is 20.8 Å². The maximum absolute atomic E-state index is 12.5. The van der Waals surface area contributed by atoms with Gasteiger partial charge in [-0.25, -0.2) is 12.7 Å². The third kappa shape index (κ3) is 2.98. The highest BCUT2D eigenvalue weighted by atomic mass is 32.2. The summed E-state index contributed by atoms with van der Waals surface area (Å²) in [7, 11) is -3.97. The summed E-state index contributed by atoms with van der Waals surface area (Å²) in [6.45, 7) is 5.70. The van der Waals surface area contributed by atoms with Crippen LogP contribution in [-0.4, -0.2) is 31.0 Å². The van der Waals surface area contributed by atoms with E-state index in [0.717, 1.165) is 5.56 Å². The molecule has 0 saturated heterocycles. The highest BCUT2D eigenvalue weighted by Crippen LogP contribution is 2.30. The molecule has 1 aliphatic rings. The van der Waals surface area contributed by atoms with Crippen molar-refractivity contribution in [2.45, 2.75) is 31.1 Å². The zero-order valence-corrected chi connectivity index (χ0v) is 15.1. The Labute approximate surface area is 147 Å².